The number of pyridine rings is 1. The Morgan fingerprint density at radius 2 is 2.20 bits per heavy atom. The first-order valence-electron chi connectivity index (χ1n) is 4.84. The van der Waals surface area contributed by atoms with Gasteiger partial charge in [0.1, 0.15) is 0 Å². The lowest BCUT2D eigenvalue weighted by Gasteiger charge is -1.96. The van der Waals surface area contributed by atoms with Gasteiger partial charge < -0.3 is 5.11 Å². The molecule has 2 rings (SSSR count). The number of hydrogen-bond donors (Lipinski definition) is 1. The number of aliphatic hydroxyl groups excluding tert-OH is 1. The molecule has 0 amide bonds. The topological polar surface area (TPSA) is 33.1 Å². The Kier molecular flexibility index (Phi) is 2.96. The third-order valence-electron chi connectivity index (χ3n) is 2.07. The van der Waals surface area contributed by atoms with Gasteiger partial charge in [-0.2, -0.15) is 0 Å². The van der Waals surface area contributed by atoms with Crippen LogP contribution in [0.25, 0.3) is 10.9 Å². The third kappa shape index (κ3) is 2.34. The van der Waals surface area contributed by atoms with Crippen LogP contribution in [0.4, 0.5) is 0 Å². The molecule has 74 valence electrons. The van der Waals surface area contributed by atoms with Crippen LogP contribution in [0.2, 0.25) is 0 Å². The van der Waals surface area contributed by atoms with E-state index in [9.17, 15) is 0 Å². The molecule has 1 aromatic carbocycles. The van der Waals surface area contributed by atoms with Crippen molar-refractivity contribution in [1.82, 2.24) is 4.98 Å². The summed E-state index contributed by atoms with van der Waals surface area (Å²) in [5.74, 6) is 5.90. The van der Waals surface area contributed by atoms with E-state index in [4.69, 9.17) is 5.11 Å². The van der Waals surface area contributed by atoms with Gasteiger partial charge in [-0.25, -0.2) is 0 Å². The van der Waals surface area contributed by atoms with E-state index in [1.807, 2.05) is 30.3 Å². The van der Waals surface area contributed by atoms with Crippen molar-refractivity contribution in [3.8, 4) is 11.8 Å². The molecule has 2 heteroatoms. The first kappa shape index (κ1) is 9.70. The molecule has 2 nitrogen and oxygen atoms in total. The van der Waals surface area contributed by atoms with E-state index in [0.717, 1.165) is 16.5 Å². The first-order valence-corrected chi connectivity index (χ1v) is 4.84. The van der Waals surface area contributed by atoms with Crippen molar-refractivity contribution in [3.63, 3.8) is 0 Å². The Bertz CT molecular complexity index is 523. The highest BCUT2D eigenvalue weighted by atomic mass is 16.2. The highest BCUT2D eigenvalue weighted by molar-refractivity contribution is 5.79. The molecule has 15 heavy (non-hydrogen) atoms. The fourth-order valence-corrected chi connectivity index (χ4v) is 1.37. The summed E-state index contributed by atoms with van der Waals surface area (Å²) in [5.41, 5.74) is 1.94. The van der Waals surface area contributed by atoms with Crippen molar-refractivity contribution in [1.29, 1.82) is 0 Å². The second-order valence-electron chi connectivity index (χ2n) is 3.19. The predicted molar refractivity (Wildman–Crippen MR) is 60.3 cm³/mol. The van der Waals surface area contributed by atoms with Crippen molar-refractivity contribution >= 4 is 10.9 Å². The maximum absolute atomic E-state index is 8.60. The average Bonchev–Trinajstić information content (AvgIpc) is 2.29. The van der Waals surface area contributed by atoms with Crippen molar-refractivity contribution in [2.75, 3.05) is 6.61 Å². The minimum atomic E-state index is 0.113. The van der Waals surface area contributed by atoms with E-state index in [1.165, 1.54) is 0 Å². The molecule has 2 aromatic rings. The fraction of sp³-hybridized carbons (Fsp3) is 0.154. The Hall–Kier alpha value is -1.85. The molecule has 0 radical (unpaired) electrons. The van der Waals surface area contributed by atoms with E-state index in [0.29, 0.717) is 6.42 Å². The fourth-order valence-electron chi connectivity index (χ4n) is 1.37. The van der Waals surface area contributed by atoms with E-state index < -0.39 is 0 Å². The maximum atomic E-state index is 8.60. The van der Waals surface area contributed by atoms with Crippen LogP contribution in [0, 0.1) is 11.8 Å². The van der Waals surface area contributed by atoms with Gasteiger partial charge in [0.25, 0.3) is 0 Å². The van der Waals surface area contributed by atoms with Gasteiger partial charge in [-0.1, -0.05) is 17.9 Å². The number of rotatable bonds is 1. The minimum Gasteiger partial charge on any atom is -0.395 e. The van der Waals surface area contributed by atoms with Gasteiger partial charge in [0.05, 0.1) is 12.1 Å². The van der Waals surface area contributed by atoms with Gasteiger partial charge in [-0.15, -0.1) is 0 Å². The zero-order chi connectivity index (χ0) is 10.5. The zero-order valence-corrected chi connectivity index (χ0v) is 8.27. The molecule has 0 spiro atoms. The molecule has 0 bridgehead atoms. The molecule has 0 atom stereocenters. The van der Waals surface area contributed by atoms with E-state index in [2.05, 4.69) is 16.8 Å². The summed E-state index contributed by atoms with van der Waals surface area (Å²) in [4.78, 5) is 4.23. The first-order chi connectivity index (χ1) is 7.40. The molecule has 1 heterocycles. The normalized spacial score (nSPS) is 9.67. The van der Waals surface area contributed by atoms with Gasteiger partial charge in [0, 0.05) is 23.6 Å². The highest BCUT2D eigenvalue weighted by Crippen LogP contribution is 2.12. The summed E-state index contributed by atoms with van der Waals surface area (Å²) in [6, 6.07) is 9.83. The SMILES string of the molecule is OCCC#Cc1ccc2ncccc2c1. The highest BCUT2D eigenvalue weighted by Gasteiger charge is 1.93. The van der Waals surface area contributed by atoms with Crippen LogP contribution in [-0.4, -0.2) is 16.7 Å². The lowest BCUT2D eigenvalue weighted by Crippen LogP contribution is -1.80. The van der Waals surface area contributed by atoms with Crippen LogP contribution in [-0.2, 0) is 0 Å². The zero-order valence-electron chi connectivity index (χ0n) is 8.27. The number of aliphatic hydroxyl groups is 1. The Labute approximate surface area is 88.6 Å². The standard InChI is InChI=1S/C13H11NO/c15-9-2-1-4-11-6-7-13-12(10-11)5-3-8-14-13/h3,5-8,10,15H,2,9H2. The number of fused-ring (bicyclic) bond motifs is 1. The molecule has 1 aromatic heterocycles. The third-order valence-corrected chi connectivity index (χ3v) is 2.07. The molecular formula is C13H11NO. The molecule has 0 aliphatic carbocycles. The smallest absolute Gasteiger partial charge is 0.0702 e. The lowest BCUT2D eigenvalue weighted by molar-refractivity contribution is 0.305. The van der Waals surface area contributed by atoms with Gasteiger partial charge in [0.2, 0.25) is 0 Å². The number of nitrogens with zero attached hydrogens (tertiary/aromatic N) is 1. The molecule has 0 aliphatic rings. The van der Waals surface area contributed by atoms with E-state index >= 15 is 0 Å². The largest absolute Gasteiger partial charge is 0.395 e. The number of aromatic nitrogens is 1. The monoisotopic (exact) mass is 197 g/mol. The van der Waals surface area contributed by atoms with Gasteiger partial charge in [-0.05, 0) is 24.3 Å². The molecule has 0 unspecified atom stereocenters. The predicted octanol–water partition coefficient (Wildman–Crippen LogP) is 1.97. The summed E-state index contributed by atoms with van der Waals surface area (Å²) in [7, 11) is 0. The number of hydrogen-bond acceptors (Lipinski definition) is 2. The second kappa shape index (κ2) is 4.59. The lowest BCUT2D eigenvalue weighted by atomic mass is 10.1. The van der Waals surface area contributed by atoms with Crippen LogP contribution in [0.15, 0.2) is 36.5 Å². The Morgan fingerprint density at radius 1 is 1.27 bits per heavy atom. The Balaban J connectivity index is 2.36. The molecular weight excluding hydrogens is 186 g/mol. The van der Waals surface area contributed by atoms with Crippen LogP contribution < -0.4 is 0 Å². The van der Waals surface area contributed by atoms with Crippen LogP contribution in [0.5, 0.6) is 0 Å². The summed E-state index contributed by atoms with van der Waals surface area (Å²) in [6.45, 7) is 0.113. The van der Waals surface area contributed by atoms with Crippen LogP contribution in [0.3, 0.4) is 0 Å². The van der Waals surface area contributed by atoms with E-state index in [-0.39, 0.29) is 6.61 Å². The quantitative estimate of drug-likeness (QED) is 0.709. The van der Waals surface area contributed by atoms with Crippen molar-refractivity contribution in [3.05, 3.63) is 42.1 Å². The molecule has 0 fully saturated rings. The minimum absolute atomic E-state index is 0.113. The van der Waals surface area contributed by atoms with Crippen molar-refractivity contribution < 1.29 is 5.11 Å². The number of benzene rings is 1. The average molecular weight is 197 g/mol. The van der Waals surface area contributed by atoms with Crippen molar-refractivity contribution in [2.24, 2.45) is 0 Å². The molecule has 0 saturated heterocycles. The summed E-state index contributed by atoms with van der Waals surface area (Å²) in [5, 5.41) is 9.69. The van der Waals surface area contributed by atoms with Crippen LogP contribution in [0.1, 0.15) is 12.0 Å². The maximum Gasteiger partial charge on any atom is 0.0702 e. The van der Waals surface area contributed by atoms with Gasteiger partial charge in [0.15, 0.2) is 0 Å². The summed E-state index contributed by atoms with van der Waals surface area (Å²) in [6.07, 6.45) is 2.30. The van der Waals surface area contributed by atoms with E-state index in [1.54, 1.807) is 6.20 Å². The van der Waals surface area contributed by atoms with Crippen molar-refractivity contribution in [2.45, 2.75) is 6.42 Å². The molecule has 1 N–H and O–H groups in total. The van der Waals surface area contributed by atoms with Gasteiger partial charge in [-0.3, -0.25) is 4.98 Å². The molecule has 0 aliphatic heterocycles. The van der Waals surface area contributed by atoms with Crippen LogP contribution >= 0.6 is 0 Å². The second-order valence-corrected chi connectivity index (χ2v) is 3.19. The summed E-state index contributed by atoms with van der Waals surface area (Å²) >= 11 is 0. The summed E-state index contributed by atoms with van der Waals surface area (Å²) < 4.78 is 0. The Morgan fingerprint density at radius 3 is 3.07 bits per heavy atom. The molecule has 0 saturated carbocycles. The van der Waals surface area contributed by atoms with Gasteiger partial charge >= 0.3 is 0 Å².